The van der Waals surface area contributed by atoms with Crippen molar-refractivity contribution in [3.8, 4) is 5.75 Å². The summed E-state index contributed by atoms with van der Waals surface area (Å²) in [6.07, 6.45) is 0. The molecular formula is C11H10N2O8S2. The van der Waals surface area contributed by atoms with E-state index >= 15 is 0 Å². The van der Waals surface area contributed by atoms with Crippen LogP contribution in [0.5, 0.6) is 5.75 Å². The minimum absolute atomic E-state index is 0.139. The maximum absolute atomic E-state index is 11.6. The molecule has 2 amide bonds. The third-order valence-corrected chi connectivity index (χ3v) is 4.64. The third kappa shape index (κ3) is 3.34. The molecule has 0 bridgehead atoms. The van der Waals surface area contributed by atoms with Crippen molar-refractivity contribution >= 4 is 42.7 Å². The van der Waals surface area contributed by atoms with Crippen molar-refractivity contribution in [2.45, 2.75) is 9.79 Å². The number of urea groups is 1. The number of carbonyl (C=O) groups excluding carboxylic acids is 1. The number of phenolic OH excluding ortho intramolecular Hbond substituents is 1. The summed E-state index contributed by atoms with van der Waals surface area (Å²) in [5.74, 6) is -0.661. The van der Waals surface area contributed by atoms with Crippen molar-refractivity contribution in [1.29, 1.82) is 0 Å². The number of anilines is 1. The monoisotopic (exact) mass is 362 g/mol. The highest BCUT2D eigenvalue weighted by Gasteiger charge is 2.24. The number of benzene rings is 2. The molecule has 23 heavy (non-hydrogen) atoms. The fourth-order valence-electron chi connectivity index (χ4n) is 2.02. The standard InChI is InChI=1S/C11H10N2O8S2/c12-11(15)13-8-2-1-6-7(10(8)23(19,20)21)3-5(4-9(6)14)22(16,17)18/h1-4,14H,(H3,12,13,15)(H,16,17,18)(H,19,20,21). The van der Waals surface area contributed by atoms with Gasteiger partial charge in [0.25, 0.3) is 20.2 Å². The average molecular weight is 362 g/mol. The summed E-state index contributed by atoms with van der Waals surface area (Å²) in [6, 6.07) is 2.50. The molecule has 2 rings (SSSR count). The first-order valence-corrected chi connectivity index (χ1v) is 8.60. The molecule has 0 radical (unpaired) electrons. The van der Waals surface area contributed by atoms with Crippen LogP contribution in [0.25, 0.3) is 10.8 Å². The predicted molar refractivity (Wildman–Crippen MR) is 78.4 cm³/mol. The summed E-state index contributed by atoms with van der Waals surface area (Å²) < 4.78 is 64.0. The van der Waals surface area contributed by atoms with Crippen LogP contribution in [-0.2, 0) is 20.2 Å². The molecule has 0 atom stereocenters. The van der Waals surface area contributed by atoms with E-state index < -0.39 is 52.9 Å². The van der Waals surface area contributed by atoms with Crippen LogP contribution in [0.2, 0.25) is 0 Å². The Hall–Kier alpha value is -2.41. The topological polar surface area (TPSA) is 184 Å². The predicted octanol–water partition coefficient (Wildman–Crippen LogP) is 0.529. The largest absolute Gasteiger partial charge is 0.507 e. The lowest BCUT2D eigenvalue weighted by Gasteiger charge is -2.12. The van der Waals surface area contributed by atoms with Crippen LogP contribution in [0.4, 0.5) is 10.5 Å². The third-order valence-electron chi connectivity index (χ3n) is 2.85. The quantitative estimate of drug-likeness (QED) is 0.489. The summed E-state index contributed by atoms with van der Waals surface area (Å²) in [5.41, 5.74) is 4.47. The van der Waals surface area contributed by atoms with E-state index in [4.69, 9.17) is 10.3 Å². The van der Waals surface area contributed by atoms with Gasteiger partial charge >= 0.3 is 6.03 Å². The zero-order valence-corrected chi connectivity index (χ0v) is 12.7. The summed E-state index contributed by atoms with van der Waals surface area (Å²) >= 11 is 0. The fourth-order valence-corrected chi connectivity index (χ4v) is 3.39. The molecule has 124 valence electrons. The van der Waals surface area contributed by atoms with Gasteiger partial charge in [0.05, 0.1) is 10.6 Å². The number of fused-ring (bicyclic) bond motifs is 1. The maximum atomic E-state index is 11.6. The molecule has 0 aliphatic heterocycles. The van der Waals surface area contributed by atoms with Crippen molar-refractivity contribution < 1.29 is 35.8 Å². The van der Waals surface area contributed by atoms with E-state index in [1.807, 2.05) is 5.32 Å². The van der Waals surface area contributed by atoms with E-state index in [0.717, 1.165) is 12.1 Å². The number of aromatic hydroxyl groups is 1. The van der Waals surface area contributed by atoms with Gasteiger partial charge in [0, 0.05) is 16.8 Å². The summed E-state index contributed by atoms with van der Waals surface area (Å²) in [7, 11) is -9.71. The van der Waals surface area contributed by atoms with Crippen LogP contribution in [-0.4, -0.2) is 37.1 Å². The van der Waals surface area contributed by atoms with Gasteiger partial charge in [-0.2, -0.15) is 16.8 Å². The highest BCUT2D eigenvalue weighted by atomic mass is 32.2. The van der Waals surface area contributed by atoms with Gasteiger partial charge in [-0.3, -0.25) is 9.11 Å². The second-order valence-corrected chi connectivity index (χ2v) is 7.20. The summed E-state index contributed by atoms with van der Waals surface area (Å²) in [6.45, 7) is 0. The van der Waals surface area contributed by atoms with Crippen LogP contribution in [0.3, 0.4) is 0 Å². The minimum Gasteiger partial charge on any atom is -0.507 e. The molecule has 6 N–H and O–H groups in total. The lowest BCUT2D eigenvalue weighted by atomic mass is 10.1. The van der Waals surface area contributed by atoms with Gasteiger partial charge in [-0.15, -0.1) is 0 Å². The van der Waals surface area contributed by atoms with Crippen LogP contribution >= 0.6 is 0 Å². The lowest BCUT2D eigenvalue weighted by Crippen LogP contribution is -2.21. The molecule has 0 spiro atoms. The van der Waals surface area contributed by atoms with E-state index in [1.165, 1.54) is 6.07 Å². The van der Waals surface area contributed by atoms with E-state index in [1.54, 1.807) is 0 Å². The molecule has 10 nitrogen and oxygen atoms in total. The van der Waals surface area contributed by atoms with Crippen molar-refractivity contribution in [3.05, 3.63) is 24.3 Å². The van der Waals surface area contributed by atoms with Crippen LogP contribution in [0, 0.1) is 0 Å². The molecule has 0 saturated carbocycles. The van der Waals surface area contributed by atoms with Gasteiger partial charge < -0.3 is 16.2 Å². The Bertz CT molecular complexity index is 1030. The Kier molecular flexibility index (Phi) is 3.94. The number of hydrogen-bond acceptors (Lipinski definition) is 6. The Morgan fingerprint density at radius 2 is 1.61 bits per heavy atom. The lowest BCUT2D eigenvalue weighted by molar-refractivity contribution is 0.259. The first-order valence-electron chi connectivity index (χ1n) is 5.72. The van der Waals surface area contributed by atoms with Crippen molar-refractivity contribution in [1.82, 2.24) is 0 Å². The molecule has 0 unspecified atom stereocenters. The molecule has 2 aromatic carbocycles. The van der Waals surface area contributed by atoms with Crippen LogP contribution in [0.15, 0.2) is 34.1 Å². The number of hydrogen-bond donors (Lipinski definition) is 5. The van der Waals surface area contributed by atoms with Crippen molar-refractivity contribution in [2.24, 2.45) is 5.73 Å². The van der Waals surface area contributed by atoms with Gasteiger partial charge in [-0.05, 0) is 18.2 Å². The number of amides is 2. The Morgan fingerprint density at radius 3 is 2.09 bits per heavy atom. The van der Waals surface area contributed by atoms with Gasteiger partial charge in [0.15, 0.2) is 0 Å². The number of carbonyl (C=O) groups is 1. The highest BCUT2D eigenvalue weighted by molar-refractivity contribution is 7.86. The second-order valence-electron chi connectivity index (χ2n) is 4.42. The Morgan fingerprint density at radius 1 is 1.00 bits per heavy atom. The number of rotatable bonds is 3. The minimum atomic E-state index is -4.94. The fraction of sp³-hybridized carbons (Fsp3) is 0. The number of primary amides is 1. The average Bonchev–Trinajstić information content (AvgIpc) is 2.34. The molecule has 2 aromatic rings. The summed E-state index contributed by atoms with van der Waals surface area (Å²) in [4.78, 5) is 9.24. The molecular weight excluding hydrogens is 352 g/mol. The van der Waals surface area contributed by atoms with Crippen LogP contribution < -0.4 is 11.1 Å². The smallest absolute Gasteiger partial charge is 0.316 e. The number of nitrogens with one attached hydrogen (secondary N) is 1. The number of nitrogens with two attached hydrogens (primary N) is 1. The molecule has 0 aromatic heterocycles. The molecule has 0 fully saturated rings. The van der Waals surface area contributed by atoms with Gasteiger partial charge in [-0.1, -0.05) is 0 Å². The molecule has 0 aliphatic rings. The van der Waals surface area contributed by atoms with Gasteiger partial charge in [0.2, 0.25) is 0 Å². The Balaban J connectivity index is 3.02. The Labute approximate surface area is 130 Å². The zero-order valence-electron chi connectivity index (χ0n) is 11.1. The first-order chi connectivity index (χ1) is 10.4. The first kappa shape index (κ1) is 17.0. The zero-order chi connectivity index (χ0) is 17.6. The van der Waals surface area contributed by atoms with Gasteiger partial charge in [-0.25, -0.2) is 4.79 Å². The molecule has 0 saturated heterocycles. The normalized spacial score (nSPS) is 12.3. The summed E-state index contributed by atoms with van der Waals surface area (Å²) in [5, 5.41) is 11.2. The van der Waals surface area contributed by atoms with Gasteiger partial charge in [0.1, 0.15) is 10.6 Å². The van der Waals surface area contributed by atoms with Crippen molar-refractivity contribution in [2.75, 3.05) is 5.32 Å². The van der Waals surface area contributed by atoms with Crippen molar-refractivity contribution in [3.63, 3.8) is 0 Å². The van der Waals surface area contributed by atoms with E-state index in [-0.39, 0.29) is 5.39 Å². The highest BCUT2D eigenvalue weighted by Crippen LogP contribution is 2.36. The SMILES string of the molecule is NC(=O)Nc1ccc2c(O)cc(S(=O)(=O)O)cc2c1S(=O)(=O)O. The second kappa shape index (κ2) is 5.34. The molecule has 0 heterocycles. The van der Waals surface area contributed by atoms with E-state index in [2.05, 4.69) is 0 Å². The number of phenols is 1. The molecule has 12 heteroatoms. The van der Waals surface area contributed by atoms with E-state index in [0.29, 0.717) is 6.07 Å². The van der Waals surface area contributed by atoms with E-state index in [9.17, 15) is 31.3 Å². The molecule has 0 aliphatic carbocycles. The maximum Gasteiger partial charge on any atom is 0.316 e. The van der Waals surface area contributed by atoms with Crippen LogP contribution in [0.1, 0.15) is 0 Å².